The largest absolute Gasteiger partial charge is 0.494 e. The molecule has 10 heteroatoms. The molecule has 0 N–H and O–H groups in total. The van der Waals surface area contributed by atoms with Gasteiger partial charge in [0.2, 0.25) is 0 Å². The Bertz CT molecular complexity index is 2200. The van der Waals surface area contributed by atoms with Crippen LogP contribution in [0.5, 0.6) is 17.2 Å². The molecule has 1 aromatic heterocycles. The molecule has 2 heterocycles. The van der Waals surface area contributed by atoms with Gasteiger partial charge < -0.3 is 18.9 Å². The second-order valence-corrected chi connectivity index (χ2v) is 12.9. The number of ether oxygens (including phenoxy) is 4. The highest BCUT2D eigenvalue weighted by molar-refractivity contribution is 9.10. The van der Waals surface area contributed by atoms with E-state index in [0.717, 1.165) is 27.5 Å². The predicted molar refractivity (Wildman–Crippen MR) is 192 cm³/mol. The number of rotatable bonds is 11. The summed E-state index contributed by atoms with van der Waals surface area (Å²) in [6.45, 7) is 8.87. The maximum absolute atomic E-state index is 14.1. The van der Waals surface area contributed by atoms with Crippen LogP contribution in [0.4, 0.5) is 0 Å². The Labute approximate surface area is 290 Å². The third-order valence-electron chi connectivity index (χ3n) is 7.91. The van der Waals surface area contributed by atoms with Crippen LogP contribution in [0.25, 0.3) is 16.8 Å². The number of allylic oxidation sites excluding steroid dienone is 1. The molecule has 4 aromatic carbocycles. The van der Waals surface area contributed by atoms with E-state index in [-0.39, 0.29) is 12.2 Å². The van der Waals surface area contributed by atoms with E-state index in [1.54, 1.807) is 18.4 Å². The Hall–Kier alpha value is -4.67. The second-order valence-electron chi connectivity index (χ2n) is 11.0. The molecule has 6 rings (SSSR count). The zero-order valence-electron chi connectivity index (χ0n) is 27.1. The van der Waals surface area contributed by atoms with E-state index >= 15 is 0 Å². The average molecular weight is 728 g/mol. The minimum Gasteiger partial charge on any atom is -0.494 e. The molecule has 0 bridgehead atoms. The van der Waals surface area contributed by atoms with Gasteiger partial charge in [-0.15, -0.1) is 0 Å². The topological polar surface area (TPSA) is 88.4 Å². The quantitative estimate of drug-likeness (QED) is 0.135. The van der Waals surface area contributed by atoms with Crippen molar-refractivity contribution in [3.05, 3.63) is 131 Å². The summed E-state index contributed by atoms with van der Waals surface area (Å²) in [5.74, 6) is 1.33. The van der Waals surface area contributed by atoms with Gasteiger partial charge in [0.1, 0.15) is 12.4 Å². The first-order chi connectivity index (χ1) is 23.3. The Kier molecular flexibility index (Phi) is 10.1. The molecule has 0 amide bonds. The van der Waals surface area contributed by atoms with Crippen LogP contribution in [0.1, 0.15) is 50.4 Å². The van der Waals surface area contributed by atoms with Gasteiger partial charge in [0.15, 0.2) is 16.3 Å². The van der Waals surface area contributed by atoms with Gasteiger partial charge in [0, 0.05) is 0 Å². The summed E-state index contributed by atoms with van der Waals surface area (Å²) >= 11 is 4.96. The summed E-state index contributed by atoms with van der Waals surface area (Å²) in [6.07, 6.45) is 1.81. The molecule has 0 saturated carbocycles. The Morgan fingerprint density at radius 2 is 1.69 bits per heavy atom. The van der Waals surface area contributed by atoms with Crippen molar-refractivity contribution < 1.29 is 23.7 Å². The van der Waals surface area contributed by atoms with E-state index in [9.17, 15) is 9.59 Å². The van der Waals surface area contributed by atoms with Crippen LogP contribution >= 0.6 is 27.3 Å². The molecule has 0 fully saturated rings. The molecule has 246 valence electrons. The monoisotopic (exact) mass is 726 g/mol. The lowest BCUT2D eigenvalue weighted by atomic mass is 9.96. The molecule has 1 atom stereocenters. The summed E-state index contributed by atoms with van der Waals surface area (Å²) in [5.41, 5.74) is 3.12. The van der Waals surface area contributed by atoms with Gasteiger partial charge in [-0.3, -0.25) is 9.36 Å². The van der Waals surface area contributed by atoms with Crippen LogP contribution in [0.15, 0.2) is 104 Å². The SMILES string of the molecule is CCOC(=O)C1=C(C)N=c2sc(=Cc3cc(Br)c(OCc4cccc5ccccc45)c(OCC)c3)c(=O)n2C1c1ccc(OCC)cc1. The Morgan fingerprint density at radius 1 is 0.938 bits per heavy atom. The van der Waals surface area contributed by atoms with E-state index in [4.69, 9.17) is 23.9 Å². The molecule has 1 aliphatic rings. The smallest absolute Gasteiger partial charge is 0.338 e. The fourth-order valence-electron chi connectivity index (χ4n) is 5.81. The van der Waals surface area contributed by atoms with Crippen LogP contribution in [-0.2, 0) is 16.1 Å². The first kappa shape index (κ1) is 33.2. The second kappa shape index (κ2) is 14.6. The molecule has 0 aliphatic carbocycles. The maximum atomic E-state index is 14.1. The van der Waals surface area contributed by atoms with Crippen LogP contribution in [-0.4, -0.2) is 30.4 Å². The van der Waals surface area contributed by atoms with Crippen LogP contribution in [0, 0.1) is 0 Å². The molecule has 8 nitrogen and oxygen atoms in total. The zero-order chi connectivity index (χ0) is 33.8. The molecular weight excluding hydrogens is 692 g/mol. The fourth-order valence-corrected chi connectivity index (χ4v) is 7.43. The van der Waals surface area contributed by atoms with E-state index in [1.165, 1.54) is 11.3 Å². The van der Waals surface area contributed by atoms with Crippen molar-refractivity contribution >= 4 is 50.1 Å². The number of benzene rings is 4. The van der Waals surface area contributed by atoms with Crippen molar-refractivity contribution in [2.45, 2.75) is 40.3 Å². The molecule has 5 aromatic rings. The predicted octanol–water partition coefficient (Wildman–Crippen LogP) is 7.09. The highest BCUT2D eigenvalue weighted by atomic mass is 79.9. The molecule has 1 aliphatic heterocycles. The van der Waals surface area contributed by atoms with Gasteiger partial charge in [0.05, 0.1) is 46.1 Å². The minimum atomic E-state index is -0.714. The molecular formula is C38H35BrN2O6S. The number of aromatic nitrogens is 1. The number of fused-ring (bicyclic) bond motifs is 2. The number of thiazole rings is 1. The maximum Gasteiger partial charge on any atom is 0.338 e. The highest BCUT2D eigenvalue weighted by Crippen LogP contribution is 2.38. The number of hydrogen-bond donors (Lipinski definition) is 0. The van der Waals surface area contributed by atoms with E-state index in [1.807, 2.05) is 74.5 Å². The normalized spacial score (nSPS) is 14.4. The van der Waals surface area contributed by atoms with Gasteiger partial charge >= 0.3 is 5.97 Å². The lowest BCUT2D eigenvalue weighted by Crippen LogP contribution is -2.39. The standard InChI is InChI=1S/C38H35BrN2O6S/c1-5-44-28-17-15-26(16-18-28)34-33(37(43)46-7-3)23(4)40-38-41(34)36(42)32(48-38)21-24-19-30(39)35(31(20-24)45-6-2)47-22-27-13-10-12-25-11-8-9-14-29(25)27/h8-21,34H,5-7,22H2,1-4H3. The Balaban J connectivity index is 1.40. The molecule has 0 saturated heterocycles. The summed E-state index contributed by atoms with van der Waals surface area (Å²) < 4.78 is 26.1. The Morgan fingerprint density at radius 3 is 2.44 bits per heavy atom. The molecule has 1 unspecified atom stereocenters. The van der Waals surface area contributed by atoms with Crippen molar-refractivity contribution in [3.63, 3.8) is 0 Å². The lowest BCUT2D eigenvalue weighted by Gasteiger charge is -2.24. The van der Waals surface area contributed by atoms with Gasteiger partial charge in [-0.05, 0) is 101 Å². The minimum absolute atomic E-state index is 0.203. The van der Waals surface area contributed by atoms with Crippen LogP contribution < -0.4 is 29.1 Å². The van der Waals surface area contributed by atoms with E-state index < -0.39 is 12.0 Å². The summed E-state index contributed by atoms with van der Waals surface area (Å²) in [6, 6.07) is 24.8. The molecule has 48 heavy (non-hydrogen) atoms. The summed E-state index contributed by atoms with van der Waals surface area (Å²) in [7, 11) is 0. The van der Waals surface area contributed by atoms with Gasteiger partial charge in [-0.25, -0.2) is 9.79 Å². The summed E-state index contributed by atoms with van der Waals surface area (Å²) in [4.78, 5) is 32.6. The van der Waals surface area contributed by atoms with Crippen LogP contribution in [0.2, 0.25) is 0 Å². The number of nitrogens with zero attached hydrogens (tertiary/aromatic N) is 2. The first-order valence-corrected chi connectivity index (χ1v) is 17.4. The van der Waals surface area contributed by atoms with E-state index in [2.05, 4.69) is 40.2 Å². The number of halogens is 1. The number of carbonyl (C=O) groups excluding carboxylic acids is 1. The fraction of sp³-hybridized carbons (Fsp3) is 0.237. The van der Waals surface area contributed by atoms with Gasteiger partial charge in [0.25, 0.3) is 5.56 Å². The van der Waals surface area contributed by atoms with Gasteiger partial charge in [-0.2, -0.15) is 0 Å². The van der Waals surface area contributed by atoms with Crippen molar-refractivity contribution in [3.8, 4) is 17.2 Å². The van der Waals surface area contributed by atoms with E-state index in [0.29, 0.717) is 62.1 Å². The summed E-state index contributed by atoms with van der Waals surface area (Å²) in [5, 5.41) is 2.28. The number of esters is 1. The van der Waals surface area contributed by atoms with Crippen molar-refractivity contribution in [1.82, 2.24) is 4.57 Å². The lowest BCUT2D eigenvalue weighted by molar-refractivity contribution is -0.139. The number of carbonyl (C=O) groups is 1. The van der Waals surface area contributed by atoms with Crippen LogP contribution in [0.3, 0.4) is 0 Å². The van der Waals surface area contributed by atoms with Crippen molar-refractivity contribution in [2.24, 2.45) is 4.99 Å². The highest BCUT2D eigenvalue weighted by Gasteiger charge is 2.33. The molecule has 0 radical (unpaired) electrons. The van der Waals surface area contributed by atoms with Crippen molar-refractivity contribution in [1.29, 1.82) is 0 Å². The van der Waals surface area contributed by atoms with Crippen molar-refractivity contribution in [2.75, 3.05) is 19.8 Å². The first-order valence-electron chi connectivity index (χ1n) is 15.8. The van der Waals surface area contributed by atoms with Gasteiger partial charge in [-0.1, -0.05) is 65.9 Å². The number of hydrogen-bond acceptors (Lipinski definition) is 8. The average Bonchev–Trinajstić information content (AvgIpc) is 3.38. The third kappa shape index (κ3) is 6.68. The third-order valence-corrected chi connectivity index (χ3v) is 9.48. The zero-order valence-corrected chi connectivity index (χ0v) is 29.5. The molecule has 0 spiro atoms.